The average Bonchev–Trinajstić information content (AvgIpc) is 2.91. The second-order valence-electron chi connectivity index (χ2n) is 7.24. The van der Waals surface area contributed by atoms with Gasteiger partial charge < -0.3 is 23.8 Å². The third-order valence-corrected chi connectivity index (χ3v) is 5.88. The minimum absolute atomic E-state index is 0.0244. The van der Waals surface area contributed by atoms with Crippen LogP contribution in [0.4, 0.5) is 5.69 Å². The van der Waals surface area contributed by atoms with Crippen molar-refractivity contribution in [3.05, 3.63) is 58.6 Å². The zero-order valence-corrected chi connectivity index (χ0v) is 18.9. The van der Waals surface area contributed by atoms with Crippen LogP contribution >= 0.6 is 23.2 Å². The fourth-order valence-corrected chi connectivity index (χ4v) is 3.80. The summed E-state index contributed by atoms with van der Waals surface area (Å²) in [5.41, 5.74) is 0.621. The molecule has 30 heavy (non-hydrogen) atoms. The first-order valence-electron chi connectivity index (χ1n) is 9.47. The predicted octanol–water partition coefficient (Wildman–Crippen LogP) is 4.82. The van der Waals surface area contributed by atoms with Crippen LogP contribution in [0.25, 0.3) is 0 Å². The van der Waals surface area contributed by atoms with Gasteiger partial charge in [-0.05, 0) is 38.1 Å². The van der Waals surface area contributed by atoms with Gasteiger partial charge >= 0.3 is 0 Å². The predicted molar refractivity (Wildman–Crippen MR) is 117 cm³/mol. The number of halogens is 2. The molecule has 1 amide bonds. The van der Waals surface area contributed by atoms with E-state index in [1.54, 1.807) is 45.3 Å². The van der Waals surface area contributed by atoms with Crippen molar-refractivity contribution in [3.8, 4) is 5.75 Å². The lowest BCUT2D eigenvalue weighted by Gasteiger charge is -2.36. The van der Waals surface area contributed by atoms with E-state index in [1.165, 1.54) is 4.90 Å². The number of hydrogen-bond donors (Lipinski definition) is 0. The number of alkyl halides is 1. The smallest absolute Gasteiger partial charge is 0.258 e. The number of benzene rings is 2. The number of methoxy groups -OCH3 is 1. The Hall–Kier alpha value is -1.83. The molecular formula is C22H25Cl2NO5. The standard InChI is InChI=1S/C22H25Cl2NO5/c1-21(29-14-28-11-10-27-4)19-17(12-16(23)13-18(19)30-22(21,2)24)25(3)20(26)15-8-6-5-7-9-15/h5-9,12-13H,10-11,14H2,1-4H3. The highest BCUT2D eigenvalue weighted by Crippen LogP contribution is 2.56. The van der Waals surface area contributed by atoms with Gasteiger partial charge in [-0.15, -0.1) is 0 Å². The Bertz CT molecular complexity index is 906. The SMILES string of the molecule is COCCOCOC1(C)c2c(cc(Cl)cc2N(C)C(=O)c2ccccc2)OC1(C)Cl. The highest BCUT2D eigenvalue weighted by atomic mass is 35.5. The maximum absolute atomic E-state index is 13.1. The van der Waals surface area contributed by atoms with E-state index in [1.807, 2.05) is 25.1 Å². The van der Waals surface area contributed by atoms with Crippen molar-refractivity contribution < 1.29 is 23.7 Å². The summed E-state index contributed by atoms with van der Waals surface area (Å²) in [7, 11) is 3.28. The van der Waals surface area contributed by atoms with Crippen LogP contribution in [0.2, 0.25) is 5.02 Å². The van der Waals surface area contributed by atoms with Crippen molar-refractivity contribution in [1.82, 2.24) is 0 Å². The summed E-state index contributed by atoms with van der Waals surface area (Å²) in [6.07, 6.45) is 0. The molecule has 8 heteroatoms. The maximum Gasteiger partial charge on any atom is 0.258 e. The maximum atomic E-state index is 13.1. The van der Waals surface area contributed by atoms with Gasteiger partial charge in [0.25, 0.3) is 5.91 Å². The quantitative estimate of drug-likeness (QED) is 0.325. The number of amides is 1. The van der Waals surface area contributed by atoms with Crippen molar-refractivity contribution >= 4 is 34.8 Å². The molecule has 2 unspecified atom stereocenters. The highest BCUT2D eigenvalue weighted by molar-refractivity contribution is 6.31. The highest BCUT2D eigenvalue weighted by Gasteiger charge is 2.57. The van der Waals surface area contributed by atoms with E-state index in [4.69, 9.17) is 42.1 Å². The molecule has 0 saturated carbocycles. The lowest BCUT2D eigenvalue weighted by atomic mass is 9.90. The first-order chi connectivity index (χ1) is 14.2. The number of rotatable bonds is 8. The molecule has 0 aliphatic carbocycles. The third kappa shape index (κ3) is 4.29. The minimum Gasteiger partial charge on any atom is -0.468 e. The summed E-state index contributed by atoms with van der Waals surface area (Å²) in [4.78, 5) is 14.6. The van der Waals surface area contributed by atoms with Crippen LogP contribution < -0.4 is 9.64 Å². The fraction of sp³-hybridized carbons (Fsp3) is 0.409. The number of carbonyl (C=O) groups excluding carboxylic acids is 1. The van der Waals surface area contributed by atoms with Crippen LogP contribution in [0.15, 0.2) is 42.5 Å². The Morgan fingerprint density at radius 3 is 2.53 bits per heavy atom. The normalized spacial score (nSPS) is 22.5. The van der Waals surface area contributed by atoms with Crippen molar-refractivity contribution in [3.63, 3.8) is 0 Å². The number of hydrogen-bond acceptors (Lipinski definition) is 5. The van der Waals surface area contributed by atoms with Crippen LogP contribution in [0.3, 0.4) is 0 Å². The lowest BCUT2D eigenvalue weighted by Crippen LogP contribution is -2.45. The van der Waals surface area contributed by atoms with Gasteiger partial charge in [0.15, 0.2) is 5.60 Å². The summed E-state index contributed by atoms with van der Waals surface area (Å²) in [5, 5.41) is -0.819. The molecule has 0 spiro atoms. The van der Waals surface area contributed by atoms with Gasteiger partial charge in [-0.2, -0.15) is 0 Å². The molecule has 2 aromatic carbocycles. The molecule has 2 aromatic rings. The van der Waals surface area contributed by atoms with E-state index < -0.39 is 10.7 Å². The van der Waals surface area contributed by atoms with Gasteiger partial charge in [-0.3, -0.25) is 4.79 Å². The first kappa shape index (κ1) is 22.8. The number of anilines is 1. The van der Waals surface area contributed by atoms with Crippen LogP contribution in [-0.2, 0) is 19.8 Å². The van der Waals surface area contributed by atoms with Gasteiger partial charge in [0.1, 0.15) is 12.5 Å². The van der Waals surface area contributed by atoms with E-state index in [9.17, 15) is 4.79 Å². The molecule has 0 N–H and O–H groups in total. The second-order valence-corrected chi connectivity index (χ2v) is 8.40. The Morgan fingerprint density at radius 1 is 1.17 bits per heavy atom. The monoisotopic (exact) mass is 453 g/mol. The summed E-state index contributed by atoms with van der Waals surface area (Å²) in [6.45, 7) is 4.31. The zero-order chi connectivity index (χ0) is 21.9. The molecule has 6 nitrogen and oxygen atoms in total. The van der Waals surface area contributed by atoms with Crippen molar-refractivity contribution in [2.24, 2.45) is 0 Å². The van der Waals surface area contributed by atoms with Gasteiger partial charge in [-0.1, -0.05) is 41.4 Å². The van der Waals surface area contributed by atoms with E-state index in [0.717, 1.165) is 0 Å². The Labute approximate surface area is 186 Å². The van der Waals surface area contributed by atoms with E-state index in [2.05, 4.69) is 0 Å². The molecule has 162 valence electrons. The molecular weight excluding hydrogens is 429 g/mol. The second kappa shape index (κ2) is 9.12. The van der Waals surface area contributed by atoms with Crippen LogP contribution in [0, 0.1) is 0 Å². The minimum atomic E-state index is -1.24. The average molecular weight is 454 g/mol. The van der Waals surface area contributed by atoms with E-state index in [0.29, 0.717) is 40.8 Å². The molecule has 0 bridgehead atoms. The summed E-state index contributed by atoms with van der Waals surface area (Å²) < 4.78 is 22.5. The lowest BCUT2D eigenvalue weighted by molar-refractivity contribution is -0.174. The van der Waals surface area contributed by atoms with Crippen molar-refractivity contribution in [1.29, 1.82) is 0 Å². The van der Waals surface area contributed by atoms with E-state index >= 15 is 0 Å². The van der Waals surface area contributed by atoms with Gasteiger partial charge in [0, 0.05) is 24.7 Å². The van der Waals surface area contributed by atoms with Crippen molar-refractivity contribution in [2.75, 3.05) is 39.1 Å². The molecule has 1 aliphatic heterocycles. The molecule has 0 aromatic heterocycles. The molecule has 1 heterocycles. The van der Waals surface area contributed by atoms with Gasteiger partial charge in [0.05, 0.1) is 24.5 Å². The molecule has 3 rings (SSSR count). The van der Waals surface area contributed by atoms with Crippen molar-refractivity contribution in [2.45, 2.75) is 24.5 Å². The van der Waals surface area contributed by atoms with Crippen LogP contribution in [-0.4, -0.2) is 45.1 Å². The topological polar surface area (TPSA) is 57.2 Å². The van der Waals surface area contributed by atoms with Gasteiger partial charge in [-0.25, -0.2) is 0 Å². The molecule has 0 saturated heterocycles. The molecule has 2 atom stereocenters. The first-order valence-corrected chi connectivity index (χ1v) is 10.2. The van der Waals surface area contributed by atoms with Crippen LogP contribution in [0.1, 0.15) is 29.8 Å². The number of fused-ring (bicyclic) bond motifs is 1. The van der Waals surface area contributed by atoms with Gasteiger partial charge in [0.2, 0.25) is 5.06 Å². The Balaban J connectivity index is 1.98. The number of ether oxygens (including phenoxy) is 4. The zero-order valence-electron chi connectivity index (χ0n) is 17.4. The Kier molecular flexibility index (Phi) is 6.95. The largest absolute Gasteiger partial charge is 0.468 e. The summed E-state index contributed by atoms with van der Waals surface area (Å²) in [6, 6.07) is 12.4. The number of nitrogens with zero attached hydrogens (tertiary/aromatic N) is 1. The Morgan fingerprint density at radius 2 is 1.87 bits per heavy atom. The number of carbonyl (C=O) groups is 1. The fourth-order valence-electron chi connectivity index (χ4n) is 3.37. The van der Waals surface area contributed by atoms with Crippen LogP contribution in [0.5, 0.6) is 5.75 Å². The molecule has 1 aliphatic rings. The summed E-state index contributed by atoms with van der Waals surface area (Å²) >= 11 is 13.1. The summed E-state index contributed by atoms with van der Waals surface area (Å²) in [5.74, 6) is 0.268. The third-order valence-electron chi connectivity index (χ3n) is 5.23. The molecule has 0 fully saturated rings. The van der Waals surface area contributed by atoms with E-state index in [-0.39, 0.29) is 12.7 Å². The molecule has 0 radical (unpaired) electrons.